The van der Waals surface area contributed by atoms with Gasteiger partial charge in [0.05, 0.1) is 26.4 Å². The quantitative estimate of drug-likeness (QED) is 0.227. The highest BCUT2D eigenvalue weighted by molar-refractivity contribution is 7.99. The van der Waals surface area contributed by atoms with Crippen LogP contribution in [0.25, 0.3) is 0 Å². The number of benzene rings is 1. The fourth-order valence-corrected chi connectivity index (χ4v) is 8.20. The van der Waals surface area contributed by atoms with Crippen LogP contribution in [0.1, 0.15) is 27.7 Å². The minimum absolute atomic E-state index is 0.159. The molecule has 0 spiro atoms. The van der Waals surface area contributed by atoms with Crippen LogP contribution < -0.4 is 5.32 Å². The Bertz CT molecular complexity index is 569. The lowest BCUT2D eigenvalue weighted by Gasteiger charge is -2.31. The first-order valence-corrected chi connectivity index (χ1v) is 13.3. The van der Waals surface area contributed by atoms with E-state index in [1.807, 2.05) is 30.3 Å². The zero-order valence-corrected chi connectivity index (χ0v) is 19.1. The second kappa shape index (κ2) is 13.1. The molecule has 0 fully saturated rings. The summed E-state index contributed by atoms with van der Waals surface area (Å²) in [6, 6.07) is 9.92. The fourth-order valence-electron chi connectivity index (χ4n) is 2.35. The van der Waals surface area contributed by atoms with Crippen LogP contribution in [0.3, 0.4) is 0 Å². The Kier molecular flexibility index (Phi) is 12.1. The third-order valence-corrected chi connectivity index (χ3v) is 10.0. The maximum absolute atomic E-state index is 13.3. The van der Waals surface area contributed by atoms with Crippen LogP contribution in [-0.2, 0) is 27.2 Å². The molecule has 0 aromatic heterocycles. The van der Waals surface area contributed by atoms with Crippen molar-refractivity contribution in [2.45, 2.75) is 38.1 Å². The predicted octanol–water partition coefficient (Wildman–Crippen LogP) is 5.18. The molecule has 0 amide bonds. The Morgan fingerprint density at radius 2 is 1.30 bits per heavy atom. The van der Waals surface area contributed by atoms with Gasteiger partial charge in [-0.05, 0) is 39.8 Å². The molecule has 27 heavy (non-hydrogen) atoms. The van der Waals surface area contributed by atoms with E-state index in [1.54, 1.807) is 39.5 Å². The first-order chi connectivity index (χ1) is 13.0. The van der Waals surface area contributed by atoms with Crippen LogP contribution in [0.5, 0.6) is 0 Å². The fraction of sp³-hybridized carbons (Fsp3) is 0.647. The van der Waals surface area contributed by atoms with Gasteiger partial charge in [-0.25, -0.2) is 0 Å². The Morgan fingerprint density at radius 3 is 1.70 bits per heavy atom. The van der Waals surface area contributed by atoms with Crippen molar-refractivity contribution >= 4 is 27.0 Å². The Labute approximate surface area is 166 Å². The van der Waals surface area contributed by atoms with E-state index in [0.29, 0.717) is 12.3 Å². The van der Waals surface area contributed by atoms with Crippen molar-refractivity contribution in [3.05, 3.63) is 30.3 Å². The van der Waals surface area contributed by atoms with Crippen LogP contribution in [0.4, 0.5) is 0 Å². The molecule has 10 heteroatoms. The van der Waals surface area contributed by atoms with Gasteiger partial charge < -0.3 is 18.1 Å². The summed E-state index contributed by atoms with van der Waals surface area (Å²) in [5, 5.41) is 3.06. The van der Waals surface area contributed by atoms with Gasteiger partial charge in [-0.1, -0.05) is 18.2 Å². The monoisotopic (exact) mass is 439 g/mol. The lowest BCUT2D eigenvalue weighted by Crippen LogP contribution is -2.34. The predicted molar refractivity (Wildman–Crippen MR) is 111 cm³/mol. The summed E-state index contributed by atoms with van der Waals surface area (Å²) in [4.78, 5) is 1.12. The minimum Gasteiger partial charge on any atom is -0.307 e. The normalized spacial score (nSPS) is 12.6. The lowest BCUT2D eigenvalue weighted by molar-refractivity contribution is 0.190. The molecule has 1 aromatic rings. The largest absolute Gasteiger partial charge is 0.359 e. The third-order valence-electron chi connectivity index (χ3n) is 3.28. The number of hydrogen-bond donors (Lipinski definition) is 1. The minimum atomic E-state index is -3.76. The first kappa shape index (κ1) is 24.9. The van der Waals surface area contributed by atoms with E-state index in [1.165, 1.54) is 0 Å². The summed E-state index contributed by atoms with van der Waals surface area (Å²) in [7, 11) is -7.51. The Morgan fingerprint density at radius 1 is 0.852 bits per heavy atom. The molecule has 0 aliphatic rings. The van der Waals surface area contributed by atoms with Crippen molar-refractivity contribution in [1.82, 2.24) is 5.32 Å². The second-order valence-corrected chi connectivity index (χ2v) is 11.0. The number of hydrogen-bond acceptors (Lipinski definition) is 8. The molecule has 0 aliphatic carbocycles. The van der Waals surface area contributed by atoms with Crippen molar-refractivity contribution in [3.8, 4) is 0 Å². The van der Waals surface area contributed by atoms with E-state index in [-0.39, 0.29) is 26.4 Å². The summed E-state index contributed by atoms with van der Waals surface area (Å²) < 4.78 is 48.3. The molecular weight excluding hydrogens is 408 g/mol. The first-order valence-electron chi connectivity index (χ1n) is 9.14. The van der Waals surface area contributed by atoms with Crippen molar-refractivity contribution in [2.75, 3.05) is 38.7 Å². The number of thioether (sulfide) groups is 1. The van der Waals surface area contributed by atoms with Crippen LogP contribution >= 0.6 is 27.0 Å². The molecular formula is C17H31NO6P2S. The maximum Gasteiger partial charge on any atom is 0.359 e. The van der Waals surface area contributed by atoms with Gasteiger partial charge in [0.25, 0.3) is 0 Å². The van der Waals surface area contributed by atoms with Gasteiger partial charge in [0.15, 0.2) is 0 Å². The second-order valence-electron chi connectivity index (χ2n) is 5.24. The standard InChI is InChI=1S/C17H31NO6P2S/c1-5-21-25(19,22-6-2)17(26(20,23-7-3)24-8-4)18-14-15-27-16-12-10-9-11-13-16/h9-13,17-18H,5-8,14-15H2,1-4H3. The molecule has 1 rings (SSSR count). The summed E-state index contributed by atoms with van der Waals surface area (Å²) in [5.41, 5.74) is -1.18. The van der Waals surface area contributed by atoms with E-state index in [0.717, 1.165) is 4.90 Å². The van der Waals surface area contributed by atoms with Gasteiger partial charge >= 0.3 is 15.2 Å². The molecule has 7 nitrogen and oxygen atoms in total. The van der Waals surface area contributed by atoms with Crippen molar-refractivity contribution in [3.63, 3.8) is 0 Å². The molecule has 0 atom stereocenters. The smallest absolute Gasteiger partial charge is 0.307 e. The molecule has 1 aromatic carbocycles. The maximum atomic E-state index is 13.3. The van der Waals surface area contributed by atoms with E-state index in [4.69, 9.17) is 18.1 Å². The van der Waals surface area contributed by atoms with Gasteiger partial charge in [0.1, 0.15) is 0 Å². The Balaban J connectivity index is 2.94. The highest BCUT2D eigenvalue weighted by atomic mass is 32.2. The molecule has 0 unspecified atom stereocenters. The lowest BCUT2D eigenvalue weighted by atomic mass is 10.4. The average Bonchev–Trinajstić information content (AvgIpc) is 2.63. The zero-order valence-electron chi connectivity index (χ0n) is 16.5. The number of rotatable bonds is 15. The van der Waals surface area contributed by atoms with Gasteiger partial charge in [-0.15, -0.1) is 11.8 Å². The van der Waals surface area contributed by atoms with Crippen LogP contribution in [0, 0.1) is 0 Å². The molecule has 0 saturated carbocycles. The van der Waals surface area contributed by atoms with Gasteiger partial charge in [0.2, 0.25) is 5.52 Å². The molecule has 0 aliphatic heterocycles. The number of nitrogens with one attached hydrogen (secondary N) is 1. The van der Waals surface area contributed by atoms with Crippen molar-refractivity contribution < 1.29 is 27.2 Å². The highest BCUT2D eigenvalue weighted by Gasteiger charge is 2.50. The molecule has 1 N–H and O–H groups in total. The van der Waals surface area contributed by atoms with E-state index < -0.39 is 20.7 Å². The highest BCUT2D eigenvalue weighted by Crippen LogP contribution is 2.69. The Hall–Kier alpha value is -0.170. The molecule has 0 radical (unpaired) electrons. The average molecular weight is 439 g/mol. The molecule has 0 bridgehead atoms. The summed E-state index contributed by atoms with van der Waals surface area (Å²) in [6.07, 6.45) is 0. The molecule has 0 saturated heterocycles. The summed E-state index contributed by atoms with van der Waals surface area (Å²) >= 11 is 1.63. The SMILES string of the molecule is CCOP(=O)(OCC)C(NCCSc1ccccc1)P(=O)(OCC)OCC. The van der Waals surface area contributed by atoms with Gasteiger partial charge in [-0.3, -0.25) is 14.4 Å². The zero-order chi connectivity index (χ0) is 20.2. The van der Waals surface area contributed by atoms with E-state index in [9.17, 15) is 9.13 Å². The third kappa shape index (κ3) is 8.00. The van der Waals surface area contributed by atoms with Crippen molar-refractivity contribution in [1.29, 1.82) is 0 Å². The van der Waals surface area contributed by atoms with Gasteiger partial charge in [-0.2, -0.15) is 0 Å². The van der Waals surface area contributed by atoms with Gasteiger partial charge in [0, 0.05) is 17.2 Å². The van der Waals surface area contributed by atoms with Crippen LogP contribution in [0.2, 0.25) is 0 Å². The summed E-state index contributed by atoms with van der Waals surface area (Å²) in [6.45, 7) is 7.90. The van der Waals surface area contributed by atoms with Crippen LogP contribution in [-0.4, -0.2) is 44.2 Å². The molecule has 156 valence electrons. The van der Waals surface area contributed by atoms with E-state index >= 15 is 0 Å². The summed E-state index contributed by atoms with van der Waals surface area (Å²) in [5.74, 6) is 0.678. The van der Waals surface area contributed by atoms with Crippen molar-refractivity contribution in [2.24, 2.45) is 0 Å². The van der Waals surface area contributed by atoms with E-state index in [2.05, 4.69) is 5.32 Å². The van der Waals surface area contributed by atoms with Crippen LogP contribution in [0.15, 0.2) is 35.2 Å². The molecule has 0 heterocycles. The topological polar surface area (TPSA) is 83.1 Å².